The molecule has 0 atom stereocenters. The van der Waals surface area contributed by atoms with Crippen molar-refractivity contribution in [2.75, 3.05) is 7.05 Å². The zero-order valence-corrected chi connectivity index (χ0v) is 12.2. The van der Waals surface area contributed by atoms with Crippen LogP contribution >= 0.6 is 0 Å². The van der Waals surface area contributed by atoms with E-state index in [-0.39, 0.29) is 5.82 Å². The van der Waals surface area contributed by atoms with Gasteiger partial charge in [-0.3, -0.25) is 0 Å². The van der Waals surface area contributed by atoms with Crippen molar-refractivity contribution in [3.63, 3.8) is 0 Å². The SMILES string of the molecule is CN=N/C(=C(\C)c1ccc(F)cc1)c1ccc2ncnn2c1. The van der Waals surface area contributed by atoms with E-state index < -0.39 is 0 Å². The number of nitrogens with zero attached hydrogens (tertiary/aromatic N) is 5. The van der Waals surface area contributed by atoms with Crippen LogP contribution in [0.2, 0.25) is 0 Å². The molecular weight excluding hydrogens is 281 g/mol. The van der Waals surface area contributed by atoms with Crippen LogP contribution in [0.1, 0.15) is 18.1 Å². The summed E-state index contributed by atoms with van der Waals surface area (Å²) >= 11 is 0. The lowest BCUT2D eigenvalue weighted by Gasteiger charge is -2.08. The molecule has 0 unspecified atom stereocenters. The van der Waals surface area contributed by atoms with Crippen molar-refractivity contribution >= 4 is 16.9 Å². The Morgan fingerprint density at radius 3 is 2.55 bits per heavy atom. The number of azo groups is 1. The van der Waals surface area contributed by atoms with Crippen molar-refractivity contribution < 1.29 is 4.39 Å². The molecule has 3 aromatic rings. The summed E-state index contributed by atoms with van der Waals surface area (Å²) in [4.78, 5) is 4.12. The minimum Gasteiger partial charge on any atom is -0.220 e. The summed E-state index contributed by atoms with van der Waals surface area (Å²) in [7, 11) is 1.62. The van der Waals surface area contributed by atoms with E-state index in [9.17, 15) is 4.39 Å². The second-order valence-electron chi connectivity index (χ2n) is 4.76. The number of aromatic nitrogens is 3. The van der Waals surface area contributed by atoms with E-state index >= 15 is 0 Å². The molecule has 0 aliphatic rings. The first-order chi connectivity index (χ1) is 10.7. The first-order valence-electron chi connectivity index (χ1n) is 6.75. The molecule has 0 saturated carbocycles. The number of hydrogen-bond donors (Lipinski definition) is 0. The summed E-state index contributed by atoms with van der Waals surface area (Å²) in [6, 6.07) is 10.1. The second-order valence-corrected chi connectivity index (χ2v) is 4.76. The van der Waals surface area contributed by atoms with Crippen LogP contribution in [0.3, 0.4) is 0 Å². The monoisotopic (exact) mass is 295 g/mol. The lowest BCUT2D eigenvalue weighted by Crippen LogP contribution is -1.93. The Morgan fingerprint density at radius 2 is 1.82 bits per heavy atom. The van der Waals surface area contributed by atoms with Gasteiger partial charge in [-0.15, -0.1) is 0 Å². The standard InChI is InChI=1S/C16H14FN5/c1-11(12-3-6-14(17)7-4-12)16(21-18-2)13-5-8-15-19-10-20-22(15)9-13/h3-10H,1-2H3/b16-11+,21-18?. The smallest absolute Gasteiger partial charge is 0.155 e. The molecule has 110 valence electrons. The van der Waals surface area contributed by atoms with Gasteiger partial charge in [-0.05, 0) is 42.3 Å². The fourth-order valence-corrected chi connectivity index (χ4v) is 2.24. The summed E-state index contributed by atoms with van der Waals surface area (Å²) in [5.74, 6) is -0.265. The van der Waals surface area contributed by atoms with Crippen molar-refractivity contribution in [1.29, 1.82) is 0 Å². The maximum atomic E-state index is 13.1. The molecule has 5 nitrogen and oxygen atoms in total. The zero-order chi connectivity index (χ0) is 15.5. The van der Waals surface area contributed by atoms with E-state index in [2.05, 4.69) is 20.3 Å². The third-order valence-corrected chi connectivity index (χ3v) is 3.38. The van der Waals surface area contributed by atoms with Gasteiger partial charge in [-0.1, -0.05) is 12.1 Å². The van der Waals surface area contributed by atoms with E-state index in [0.29, 0.717) is 5.70 Å². The van der Waals surface area contributed by atoms with Gasteiger partial charge in [0.05, 0.1) is 5.70 Å². The summed E-state index contributed by atoms with van der Waals surface area (Å²) < 4.78 is 14.8. The highest BCUT2D eigenvalue weighted by Gasteiger charge is 2.09. The molecule has 2 heterocycles. The fraction of sp³-hybridized carbons (Fsp3) is 0.125. The van der Waals surface area contributed by atoms with Crippen LogP contribution in [0.15, 0.2) is 59.2 Å². The fourth-order valence-electron chi connectivity index (χ4n) is 2.24. The number of benzene rings is 1. The number of rotatable bonds is 3. The number of pyridine rings is 1. The summed E-state index contributed by atoms with van der Waals surface area (Å²) in [5, 5.41) is 12.3. The second kappa shape index (κ2) is 5.85. The zero-order valence-electron chi connectivity index (χ0n) is 12.2. The van der Waals surface area contributed by atoms with E-state index in [1.165, 1.54) is 18.5 Å². The van der Waals surface area contributed by atoms with E-state index in [0.717, 1.165) is 22.3 Å². The number of halogens is 1. The van der Waals surface area contributed by atoms with E-state index in [1.807, 2.05) is 25.3 Å². The molecule has 2 aromatic heterocycles. The molecule has 0 saturated heterocycles. The van der Waals surface area contributed by atoms with E-state index in [1.54, 1.807) is 23.7 Å². The van der Waals surface area contributed by atoms with Crippen LogP contribution in [0.5, 0.6) is 0 Å². The highest BCUT2D eigenvalue weighted by atomic mass is 19.1. The Balaban J connectivity index is 2.15. The summed E-state index contributed by atoms with van der Waals surface area (Å²) in [6.45, 7) is 1.93. The Hall–Kier alpha value is -2.89. The maximum absolute atomic E-state index is 13.1. The molecule has 22 heavy (non-hydrogen) atoms. The van der Waals surface area contributed by atoms with Crippen molar-refractivity contribution in [3.8, 4) is 0 Å². The summed E-state index contributed by atoms with van der Waals surface area (Å²) in [6.07, 6.45) is 3.34. The van der Waals surface area contributed by atoms with Gasteiger partial charge in [-0.2, -0.15) is 15.3 Å². The largest absolute Gasteiger partial charge is 0.220 e. The normalized spacial score (nSPS) is 12.9. The Bertz CT molecular complexity index is 862. The molecule has 6 heteroatoms. The van der Waals surface area contributed by atoms with Crippen LogP contribution in [-0.4, -0.2) is 21.6 Å². The van der Waals surface area contributed by atoms with Crippen LogP contribution in [0, 0.1) is 5.82 Å². The van der Waals surface area contributed by atoms with Gasteiger partial charge in [0, 0.05) is 18.8 Å². The lowest BCUT2D eigenvalue weighted by atomic mass is 10.0. The molecule has 0 N–H and O–H groups in total. The molecule has 0 amide bonds. The molecule has 1 aromatic carbocycles. The average Bonchev–Trinajstić information content (AvgIpc) is 3.00. The van der Waals surface area contributed by atoms with Crippen molar-refractivity contribution in [1.82, 2.24) is 14.6 Å². The minimum atomic E-state index is -0.265. The molecule has 0 fully saturated rings. The predicted octanol–water partition coefficient (Wildman–Crippen LogP) is 3.84. The van der Waals surface area contributed by atoms with Gasteiger partial charge in [0.2, 0.25) is 0 Å². The van der Waals surface area contributed by atoms with Crippen LogP contribution < -0.4 is 0 Å². The van der Waals surface area contributed by atoms with Crippen molar-refractivity contribution in [2.24, 2.45) is 10.2 Å². The molecule has 3 rings (SSSR count). The first-order valence-corrected chi connectivity index (χ1v) is 6.75. The molecule has 0 spiro atoms. The highest BCUT2D eigenvalue weighted by Crippen LogP contribution is 2.27. The van der Waals surface area contributed by atoms with Crippen molar-refractivity contribution in [3.05, 3.63) is 65.9 Å². The molecule has 0 radical (unpaired) electrons. The minimum absolute atomic E-state index is 0.265. The topological polar surface area (TPSA) is 54.9 Å². The average molecular weight is 295 g/mol. The van der Waals surface area contributed by atoms with Gasteiger partial charge in [0.15, 0.2) is 5.65 Å². The third kappa shape index (κ3) is 2.63. The van der Waals surface area contributed by atoms with Gasteiger partial charge in [0.1, 0.15) is 12.1 Å². The van der Waals surface area contributed by atoms with Gasteiger partial charge >= 0.3 is 0 Å². The number of hydrogen-bond acceptors (Lipinski definition) is 4. The third-order valence-electron chi connectivity index (χ3n) is 3.38. The van der Waals surface area contributed by atoms with E-state index in [4.69, 9.17) is 0 Å². The highest BCUT2D eigenvalue weighted by molar-refractivity contribution is 5.89. The van der Waals surface area contributed by atoms with Crippen LogP contribution in [-0.2, 0) is 0 Å². The predicted molar refractivity (Wildman–Crippen MR) is 82.7 cm³/mol. The Morgan fingerprint density at radius 1 is 1.09 bits per heavy atom. The molecule has 0 aliphatic heterocycles. The van der Waals surface area contributed by atoms with Crippen LogP contribution in [0.4, 0.5) is 4.39 Å². The van der Waals surface area contributed by atoms with Gasteiger partial charge in [-0.25, -0.2) is 13.9 Å². The quantitative estimate of drug-likeness (QED) is 0.689. The maximum Gasteiger partial charge on any atom is 0.155 e. The van der Waals surface area contributed by atoms with Gasteiger partial charge in [0.25, 0.3) is 0 Å². The molecule has 0 bridgehead atoms. The molecular formula is C16H14FN5. The first kappa shape index (κ1) is 14.1. The Kier molecular flexibility index (Phi) is 3.74. The number of allylic oxidation sites excluding steroid dienone is 1. The van der Waals surface area contributed by atoms with Crippen LogP contribution in [0.25, 0.3) is 16.9 Å². The Labute approximate surface area is 126 Å². The van der Waals surface area contributed by atoms with Crippen molar-refractivity contribution in [2.45, 2.75) is 6.92 Å². The lowest BCUT2D eigenvalue weighted by molar-refractivity contribution is 0.627. The molecule has 0 aliphatic carbocycles. The summed E-state index contributed by atoms with van der Waals surface area (Å²) in [5.41, 5.74) is 4.14. The van der Waals surface area contributed by atoms with Gasteiger partial charge < -0.3 is 0 Å². The number of fused-ring (bicyclic) bond motifs is 1.